The van der Waals surface area contributed by atoms with Gasteiger partial charge in [0.15, 0.2) is 0 Å². The first-order chi connectivity index (χ1) is 13.7. The number of rotatable bonds is 5. The summed E-state index contributed by atoms with van der Waals surface area (Å²) in [5.74, 6) is -0.711. The Hall–Kier alpha value is -3.35. The third-order valence-corrected chi connectivity index (χ3v) is 4.65. The molecule has 7 nitrogen and oxygen atoms in total. The molecule has 3 aromatic rings. The molecule has 0 aliphatic rings. The molecule has 0 bridgehead atoms. The fraction of sp³-hybridized carbons (Fsp3) is 0.318. The number of carbonyl (C=O) groups excluding carboxylic acids is 1. The molecule has 0 atom stereocenters. The molecule has 29 heavy (non-hydrogen) atoms. The Kier molecular flexibility index (Phi) is 5.59. The van der Waals surface area contributed by atoms with Crippen molar-refractivity contribution in [1.82, 2.24) is 19.5 Å². The van der Waals surface area contributed by atoms with E-state index in [0.29, 0.717) is 11.4 Å². The summed E-state index contributed by atoms with van der Waals surface area (Å²) in [6.45, 7) is 9.30. The van der Waals surface area contributed by atoms with E-state index >= 15 is 0 Å². The Morgan fingerprint density at radius 2 is 1.83 bits per heavy atom. The molecule has 0 aliphatic carbocycles. The van der Waals surface area contributed by atoms with Crippen molar-refractivity contribution in [3.8, 4) is 0 Å². The molecule has 0 unspecified atom stereocenters. The highest BCUT2D eigenvalue weighted by Gasteiger charge is 2.25. The third-order valence-electron chi connectivity index (χ3n) is 4.65. The van der Waals surface area contributed by atoms with Crippen molar-refractivity contribution in [2.45, 2.75) is 47.1 Å². The summed E-state index contributed by atoms with van der Waals surface area (Å²) in [6, 6.07) is 7.22. The van der Waals surface area contributed by atoms with Gasteiger partial charge in [-0.2, -0.15) is 0 Å². The van der Waals surface area contributed by atoms with Crippen LogP contribution in [-0.2, 0) is 6.54 Å². The smallest absolute Gasteiger partial charge is 0.285 e. The summed E-state index contributed by atoms with van der Waals surface area (Å²) in [7, 11) is 0. The van der Waals surface area contributed by atoms with Crippen molar-refractivity contribution in [1.29, 1.82) is 0 Å². The highest BCUT2D eigenvalue weighted by Crippen LogP contribution is 2.19. The van der Waals surface area contributed by atoms with Crippen molar-refractivity contribution < 1.29 is 4.79 Å². The Morgan fingerprint density at radius 1 is 1.10 bits per heavy atom. The molecular formula is C22H24N4O3. The van der Waals surface area contributed by atoms with Gasteiger partial charge in [-0.05, 0) is 62.1 Å². The molecule has 0 spiro atoms. The van der Waals surface area contributed by atoms with E-state index < -0.39 is 17.0 Å². The number of hydrogen-bond acceptors (Lipinski definition) is 5. The van der Waals surface area contributed by atoms with Crippen LogP contribution >= 0.6 is 0 Å². The number of aromatic nitrogens is 4. The molecule has 0 aromatic carbocycles. The number of nitrogens with one attached hydrogen (secondary N) is 1. The number of hydrogen-bond donors (Lipinski definition) is 1. The van der Waals surface area contributed by atoms with Gasteiger partial charge in [-0.15, -0.1) is 0 Å². The summed E-state index contributed by atoms with van der Waals surface area (Å²) in [6.07, 6.45) is 1.65. The fourth-order valence-electron chi connectivity index (χ4n) is 3.44. The van der Waals surface area contributed by atoms with Crippen LogP contribution in [0.5, 0.6) is 0 Å². The average molecular weight is 392 g/mol. The Labute approximate surface area is 168 Å². The van der Waals surface area contributed by atoms with Gasteiger partial charge >= 0.3 is 5.69 Å². The summed E-state index contributed by atoms with van der Waals surface area (Å²) in [5, 5.41) is 0. The van der Waals surface area contributed by atoms with Gasteiger partial charge in [0.05, 0.1) is 12.2 Å². The second kappa shape index (κ2) is 7.95. The number of aryl methyl sites for hydroxylation is 3. The summed E-state index contributed by atoms with van der Waals surface area (Å²) < 4.78 is 1.29. The van der Waals surface area contributed by atoms with Gasteiger partial charge in [0, 0.05) is 17.5 Å². The average Bonchev–Trinajstić information content (AvgIpc) is 2.62. The maximum absolute atomic E-state index is 13.5. The first kappa shape index (κ1) is 20.4. The standard InChI is InChI=1S/C22H24N4O3/c1-12(2)18-19(20(27)17-10-14(4)8-15(5)24-17)26(22(29)25-21(18)28)11-16-9-13(3)6-7-23-16/h6-10,12H,11H2,1-5H3,(H,25,28,29). The van der Waals surface area contributed by atoms with E-state index in [2.05, 4.69) is 15.0 Å². The van der Waals surface area contributed by atoms with Gasteiger partial charge in [0.1, 0.15) is 11.4 Å². The van der Waals surface area contributed by atoms with Crippen LogP contribution in [0.15, 0.2) is 40.1 Å². The molecule has 3 aromatic heterocycles. The highest BCUT2D eigenvalue weighted by molar-refractivity contribution is 6.07. The zero-order valence-corrected chi connectivity index (χ0v) is 17.2. The van der Waals surface area contributed by atoms with E-state index in [-0.39, 0.29) is 29.4 Å². The Morgan fingerprint density at radius 3 is 2.45 bits per heavy atom. The van der Waals surface area contributed by atoms with E-state index in [4.69, 9.17) is 0 Å². The third kappa shape index (κ3) is 4.23. The molecule has 0 aliphatic heterocycles. The molecule has 3 rings (SSSR count). The normalized spacial score (nSPS) is 11.1. The lowest BCUT2D eigenvalue weighted by atomic mass is 9.98. The molecule has 3 heterocycles. The summed E-state index contributed by atoms with van der Waals surface area (Å²) >= 11 is 0. The molecular weight excluding hydrogens is 368 g/mol. The lowest BCUT2D eigenvalue weighted by molar-refractivity contribution is 0.102. The van der Waals surface area contributed by atoms with Crippen LogP contribution in [0.2, 0.25) is 0 Å². The van der Waals surface area contributed by atoms with Gasteiger partial charge in [-0.1, -0.05) is 13.8 Å². The molecule has 7 heteroatoms. The molecule has 0 amide bonds. The largest absolute Gasteiger partial charge is 0.329 e. The Bertz CT molecular complexity index is 1190. The van der Waals surface area contributed by atoms with E-state index in [9.17, 15) is 14.4 Å². The minimum absolute atomic E-state index is 0.0644. The number of ketones is 1. The first-order valence-electron chi connectivity index (χ1n) is 9.46. The number of H-pyrrole nitrogens is 1. The van der Waals surface area contributed by atoms with Gasteiger partial charge < -0.3 is 0 Å². The maximum atomic E-state index is 13.5. The van der Waals surface area contributed by atoms with Crippen molar-refractivity contribution in [2.24, 2.45) is 0 Å². The van der Waals surface area contributed by atoms with Crippen LogP contribution in [-0.4, -0.2) is 25.3 Å². The predicted octanol–water partition coefficient (Wildman–Crippen LogP) is 2.65. The molecule has 0 saturated heterocycles. The van der Waals surface area contributed by atoms with Crippen LogP contribution in [0.3, 0.4) is 0 Å². The zero-order chi connectivity index (χ0) is 21.3. The lowest BCUT2D eigenvalue weighted by Gasteiger charge is -2.17. The van der Waals surface area contributed by atoms with Crippen LogP contribution < -0.4 is 11.2 Å². The molecule has 150 valence electrons. The molecule has 1 N–H and O–H groups in total. The molecule has 0 saturated carbocycles. The number of nitrogens with zero attached hydrogens (tertiary/aromatic N) is 3. The van der Waals surface area contributed by atoms with Crippen LogP contribution in [0.1, 0.15) is 64.0 Å². The van der Waals surface area contributed by atoms with Gasteiger partial charge in [0.2, 0.25) is 5.78 Å². The molecule has 0 fully saturated rings. The molecule has 0 radical (unpaired) electrons. The van der Waals surface area contributed by atoms with E-state index in [0.717, 1.165) is 11.1 Å². The summed E-state index contributed by atoms with van der Waals surface area (Å²) in [4.78, 5) is 49.7. The van der Waals surface area contributed by atoms with Gasteiger partial charge in [0.25, 0.3) is 5.56 Å². The van der Waals surface area contributed by atoms with E-state index in [1.165, 1.54) is 4.57 Å². The van der Waals surface area contributed by atoms with Crippen LogP contribution in [0.25, 0.3) is 0 Å². The number of aromatic amines is 1. The van der Waals surface area contributed by atoms with Gasteiger partial charge in [-0.25, -0.2) is 9.78 Å². The minimum Gasteiger partial charge on any atom is -0.285 e. The maximum Gasteiger partial charge on any atom is 0.329 e. The van der Waals surface area contributed by atoms with Gasteiger partial charge in [-0.3, -0.25) is 24.1 Å². The summed E-state index contributed by atoms with van der Waals surface area (Å²) in [5.41, 5.74) is 2.53. The quantitative estimate of drug-likeness (QED) is 0.673. The van der Waals surface area contributed by atoms with Crippen molar-refractivity contribution in [2.75, 3.05) is 0 Å². The number of carbonyl (C=O) groups is 1. The van der Waals surface area contributed by atoms with Crippen LogP contribution in [0, 0.1) is 20.8 Å². The fourth-order valence-corrected chi connectivity index (χ4v) is 3.44. The van der Waals surface area contributed by atoms with Crippen molar-refractivity contribution >= 4 is 5.78 Å². The number of pyridine rings is 2. The van der Waals surface area contributed by atoms with E-state index in [1.807, 2.05) is 45.9 Å². The highest BCUT2D eigenvalue weighted by atomic mass is 16.2. The second-order valence-corrected chi connectivity index (χ2v) is 7.59. The topological polar surface area (TPSA) is 97.7 Å². The first-order valence-corrected chi connectivity index (χ1v) is 9.46. The second-order valence-electron chi connectivity index (χ2n) is 7.59. The minimum atomic E-state index is -0.643. The van der Waals surface area contributed by atoms with Crippen molar-refractivity contribution in [3.63, 3.8) is 0 Å². The lowest BCUT2D eigenvalue weighted by Crippen LogP contribution is -2.38. The van der Waals surface area contributed by atoms with E-state index in [1.54, 1.807) is 19.2 Å². The SMILES string of the molecule is Cc1ccnc(Cn2c(C(=O)c3cc(C)cc(C)n3)c(C(C)C)c(=O)[nH]c2=O)c1. The predicted molar refractivity (Wildman–Crippen MR) is 111 cm³/mol. The van der Waals surface area contributed by atoms with Crippen molar-refractivity contribution in [3.05, 3.63) is 90.8 Å². The monoisotopic (exact) mass is 392 g/mol. The Balaban J connectivity index is 2.28. The zero-order valence-electron chi connectivity index (χ0n) is 17.2. The van der Waals surface area contributed by atoms with Crippen LogP contribution in [0.4, 0.5) is 0 Å².